The van der Waals surface area contributed by atoms with Gasteiger partial charge in [-0.1, -0.05) is 0 Å². The van der Waals surface area contributed by atoms with Crippen molar-refractivity contribution >= 4 is 17.4 Å². The molecule has 1 atom stereocenters. The number of halogens is 1. The second-order valence-electron chi connectivity index (χ2n) is 4.34. The van der Waals surface area contributed by atoms with Crippen molar-refractivity contribution in [3.8, 4) is 0 Å². The van der Waals surface area contributed by atoms with Crippen LogP contribution in [0.2, 0.25) is 0 Å². The molecule has 4 nitrogen and oxygen atoms in total. The summed E-state index contributed by atoms with van der Waals surface area (Å²) in [4.78, 5) is 24.6. The number of rotatable bonds is 2. The fourth-order valence-corrected chi connectivity index (χ4v) is 2.07. The molecule has 2 aliphatic rings. The first kappa shape index (κ1) is 10.4. The van der Waals surface area contributed by atoms with E-state index in [4.69, 9.17) is 4.74 Å². The topological polar surface area (TPSA) is 49.9 Å². The van der Waals surface area contributed by atoms with Gasteiger partial charge in [-0.15, -0.1) is 0 Å². The van der Waals surface area contributed by atoms with Crippen molar-refractivity contribution in [1.29, 1.82) is 0 Å². The van der Waals surface area contributed by atoms with E-state index < -0.39 is 17.5 Å². The number of hydrogen-bond acceptors (Lipinski definition) is 3. The van der Waals surface area contributed by atoms with Crippen molar-refractivity contribution in [3.05, 3.63) is 29.1 Å². The van der Waals surface area contributed by atoms with Gasteiger partial charge in [0, 0.05) is 0 Å². The fraction of sp³-hybridized carbons (Fsp3) is 0.333. The van der Waals surface area contributed by atoms with Crippen LogP contribution >= 0.6 is 0 Å². The predicted molar refractivity (Wildman–Crippen MR) is 57.6 cm³/mol. The van der Waals surface area contributed by atoms with E-state index in [9.17, 15) is 14.0 Å². The van der Waals surface area contributed by atoms with E-state index >= 15 is 0 Å². The molecule has 88 valence electrons. The van der Waals surface area contributed by atoms with Gasteiger partial charge in [-0.2, -0.15) is 0 Å². The Balaban J connectivity index is 2.10. The van der Waals surface area contributed by atoms with Gasteiger partial charge in [0.05, 0.1) is 30.5 Å². The average Bonchev–Trinajstić information content (AvgIpc) is 3.04. The summed E-state index contributed by atoms with van der Waals surface area (Å²) in [7, 11) is 0. The lowest BCUT2D eigenvalue weighted by Crippen LogP contribution is -2.33. The van der Waals surface area contributed by atoms with Crippen molar-refractivity contribution in [1.82, 2.24) is 0 Å². The summed E-state index contributed by atoms with van der Waals surface area (Å²) in [5.74, 6) is -1.83. The first-order chi connectivity index (χ1) is 8.08. The minimum absolute atomic E-state index is 0.0709. The standard InChI is InChI=1S/C12H10FNO3/c1-6-2-8-10(9(13)3-6)14(4-7-5-17-7)12(16)11(8)15/h2-3,7H,4-5H2,1H3. The van der Waals surface area contributed by atoms with Crippen LogP contribution < -0.4 is 4.90 Å². The number of benzene rings is 1. The molecule has 0 radical (unpaired) electrons. The molecule has 1 unspecified atom stereocenters. The fourth-order valence-electron chi connectivity index (χ4n) is 2.07. The molecule has 1 aromatic carbocycles. The first-order valence-electron chi connectivity index (χ1n) is 5.36. The molecule has 0 aromatic heterocycles. The molecule has 2 heterocycles. The van der Waals surface area contributed by atoms with Gasteiger partial charge in [0.2, 0.25) is 0 Å². The second-order valence-corrected chi connectivity index (χ2v) is 4.34. The van der Waals surface area contributed by atoms with E-state index in [1.807, 2.05) is 0 Å². The summed E-state index contributed by atoms with van der Waals surface area (Å²) in [5.41, 5.74) is 0.890. The van der Waals surface area contributed by atoms with Crippen LogP contribution in [0, 0.1) is 12.7 Å². The smallest absolute Gasteiger partial charge is 0.299 e. The van der Waals surface area contributed by atoms with E-state index in [0.29, 0.717) is 12.2 Å². The molecule has 0 saturated carbocycles. The number of hydrogen-bond donors (Lipinski definition) is 0. The normalized spacial score (nSPS) is 22.0. The molecule has 17 heavy (non-hydrogen) atoms. The molecule has 1 saturated heterocycles. The van der Waals surface area contributed by atoms with Crippen LogP contribution in [0.1, 0.15) is 15.9 Å². The molecule has 0 bridgehead atoms. The molecule has 3 rings (SSSR count). The van der Waals surface area contributed by atoms with Gasteiger partial charge in [0.15, 0.2) is 0 Å². The molecule has 2 aliphatic heterocycles. The number of amides is 1. The Labute approximate surface area is 97.0 Å². The molecule has 0 N–H and O–H groups in total. The van der Waals surface area contributed by atoms with E-state index in [1.165, 1.54) is 11.0 Å². The SMILES string of the molecule is Cc1cc(F)c2c(c1)C(=O)C(=O)N2CC1CO1. The lowest BCUT2D eigenvalue weighted by Gasteiger charge is -2.15. The highest BCUT2D eigenvalue weighted by Crippen LogP contribution is 2.33. The monoisotopic (exact) mass is 235 g/mol. The molecular formula is C12H10FNO3. The van der Waals surface area contributed by atoms with E-state index in [0.717, 1.165) is 0 Å². The first-order valence-corrected chi connectivity index (χ1v) is 5.36. The third kappa shape index (κ3) is 1.54. The van der Waals surface area contributed by atoms with Gasteiger partial charge in [-0.25, -0.2) is 4.39 Å². The minimum atomic E-state index is -0.667. The second kappa shape index (κ2) is 3.37. The Hall–Kier alpha value is -1.75. The van der Waals surface area contributed by atoms with Crippen LogP contribution in [0.15, 0.2) is 12.1 Å². The van der Waals surface area contributed by atoms with Crippen molar-refractivity contribution in [2.75, 3.05) is 18.1 Å². The maximum Gasteiger partial charge on any atom is 0.299 e. The van der Waals surface area contributed by atoms with Crippen LogP contribution in [-0.4, -0.2) is 30.9 Å². The zero-order valence-corrected chi connectivity index (χ0v) is 9.20. The van der Waals surface area contributed by atoms with Crippen molar-refractivity contribution in [2.45, 2.75) is 13.0 Å². The molecule has 1 amide bonds. The van der Waals surface area contributed by atoms with Gasteiger partial charge in [-0.3, -0.25) is 14.5 Å². The lowest BCUT2D eigenvalue weighted by molar-refractivity contribution is -0.114. The number of carbonyl (C=O) groups excluding carboxylic acids is 2. The molecule has 1 fully saturated rings. The number of anilines is 1. The minimum Gasteiger partial charge on any atom is -0.371 e. The number of aryl methyl sites for hydroxylation is 1. The summed E-state index contributed by atoms with van der Waals surface area (Å²) in [5, 5.41) is 0. The van der Waals surface area contributed by atoms with Crippen LogP contribution in [0.4, 0.5) is 10.1 Å². The Bertz CT molecular complexity index is 537. The van der Waals surface area contributed by atoms with Crippen LogP contribution in [0.3, 0.4) is 0 Å². The summed E-state index contributed by atoms with van der Waals surface area (Å²) in [6.45, 7) is 2.49. The molecule has 5 heteroatoms. The van der Waals surface area contributed by atoms with Crippen LogP contribution in [0.5, 0.6) is 0 Å². The quantitative estimate of drug-likeness (QED) is 0.569. The summed E-state index contributed by atoms with van der Waals surface area (Å²) in [6, 6.07) is 2.87. The molecule has 1 aromatic rings. The Morgan fingerprint density at radius 2 is 2.18 bits per heavy atom. The number of ketones is 1. The van der Waals surface area contributed by atoms with E-state index in [1.54, 1.807) is 13.0 Å². The van der Waals surface area contributed by atoms with Gasteiger partial charge in [0.1, 0.15) is 5.82 Å². The third-order valence-electron chi connectivity index (χ3n) is 2.95. The number of fused-ring (bicyclic) bond motifs is 1. The highest BCUT2D eigenvalue weighted by molar-refractivity contribution is 6.52. The maximum atomic E-state index is 13.8. The number of epoxide rings is 1. The number of nitrogens with zero attached hydrogens (tertiary/aromatic N) is 1. The van der Waals surface area contributed by atoms with Crippen molar-refractivity contribution < 1.29 is 18.7 Å². The van der Waals surface area contributed by atoms with Gasteiger partial charge in [-0.05, 0) is 24.6 Å². The zero-order chi connectivity index (χ0) is 12.2. The summed E-state index contributed by atoms with van der Waals surface area (Å²) < 4.78 is 18.8. The van der Waals surface area contributed by atoms with Crippen molar-refractivity contribution in [3.63, 3.8) is 0 Å². The van der Waals surface area contributed by atoms with Crippen LogP contribution in [-0.2, 0) is 9.53 Å². The maximum absolute atomic E-state index is 13.8. The molecule has 0 aliphatic carbocycles. The largest absolute Gasteiger partial charge is 0.371 e. The average molecular weight is 235 g/mol. The predicted octanol–water partition coefficient (Wildman–Crippen LogP) is 1.06. The van der Waals surface area contributed by atoms with Gasteiger partial charge < -0.3 is 4.74 Å². The van der Waals surface area contributed by atoms with E-state index in [-0.39, 0.29) is 23.9 Å². The van der Waals surface area contributed by atoms with E-state index in [2.05, 4.69) is 0 Å². The molecular weight excluding hydrogens is 225 g/mol. The lowest BCUT2D eigenvalue weighted by atomic mass is 10.1. The van der Waals surface area contributed by atoms with Gasteiger partial charge >= 0.3 is 0 Å². The summed E-state index contributed by atoms with van der Waals surface area (Å²) >= 11 is 0. The Morgan fingerprint density at radius 1 is 1.47 bits per heavy atom. The third-order valence-corrected chi connectivity index (χ3v) is 2.95. The van der Waals surface area contributed by atoms with Crippen LogP contribution in [0.25, 0.3) is 0 Å². The highest BCUT2D eigenvalue weighted by Gasteiger charge is 2.41. The molecule has 0 spiro atoms. The highest BCUT2D eigenvalue weighted by atomic mass is 19.1. The number of carbonyl (C=O) groups is 2. The summed E-state index contributed by atoms with van der Waals surface area (Å²) in [6.07, 6.45) is -0.0709. The zero-order valence-electron chi connectivity index (χ0n) is 9.20. The Kier molecular flexibility index (Phi) is 2.06. The number of ether oxygens (including phenoxy) is 1. The van der Waals surface area contributed by atoms with Crippen molar-refractivity contribution in [2.24, 2.45) is 0 Å². The number of Topliss-reactive ketones (excluding diaryl/α,β-unsaturated/α-hetero) is 1. The van der Waals surface area contributed by atoms with Gasteiger partial charge in [0.25, 0.3) is 11.7 Å². The Morgan fingerprint density at radius 3 is 2.82 bits per heavy atom.